The fraction of sp³-hybridized carbons (Fsp3) is 0.190. The van der Waals surface area contributed by atoms with Gasteiger partial charge in [0.1, 0.15) is 11.5 Å². The van der Waals surface area contributed by atoms with Crippen molar-refractivity contribution in [3.8, 4) is 23.0 Å². The van der Waals surface area contributed by atoms with Crippen LogP contribution in [0.15, 0.2) is 48.5 Å². The lowest BCUT2D eigenvalue weighted by Gasteiger charge is -2.28. The van der Waals surface area contributed by atoms with Gasteiger partial charge in [0.2, 0.25) is 0 Å². The summed E-state index contributed by atoms with van der Waals surface area (Å²) < 4.78 is 43.6. The van der Waals surface area contributed by atoms with Crippen LogP contribution >= 0.6 is 11.6 Å². The molecule has 0 radical (unpaired) electrons. The van der Waals surface area contributed by atoms with Crippen molar-refractivity contribution in [2.24, 2.45) is 0 Å². The van der Waals surface area contributed by atoms with Gasteiger partial charge >= 0.3 is 6.01 Å². The van der Waals surface area contributed by atoms with E-state index >= 15 is 0 Å². The van der Waals surface area contributed by atoms with Gasteiger partial charge in [-0.15, -0.1) is 0 Å². The number of aromatic nitrogens is 4. The number of ether oxygens (including phenoxy) is 1. The molecule has 1 fully saturated rings. The number of para-hydroxylation sites is 1. The summed E-state index contributed by atoms with van der Waals surface area (Å²) in [7, 11) is -3.11. The summed E-state index contributed by atoms with van der Waals surface area (Å²) in [5, 5.41) is 8.34. The maximum Gasteiger partial charge on any atom is 0.326 e. The zero-order chi connectivity index (χ0) is 22.3. The van der Waals surface area contributed by atoms with Crippen LogP contribution in [0, 0.1) is 5.82 Å². The van der Waals surface area contributed by atoms with Gasteiger partial charge < -0.3 is 9.64 Å². The highest BCUT2D eigenvalue weighted by molar-refractivity contribution is 7.91. The smallest absolute Gasteiger partial charge is 0.326 e. The minimum absolute atomic E-state index is 0.00127. The predicted octanol–water partition coefficient (Wildman–Crippen LogP) is 3.84. The van der Waals surface area contributed by atoms with E-state index in [1.165, 1.54) is 12.1 Å². The number of benzene rings is 2. The topological polar surface area (TPSA) is 101 Å². The summed E-state index contributed by atoms with van der Waals surface area (Å²) >= 11 is 6.39. The Morgan fingerprint density at radius 1 is 1.03 bits per heavy atom. The molecule has 0 spiro atoms. The summed E-state index contributed by atoms with van der Waals surface area (Å²) in [5.41, 5.74) is 1.58. The molecule has 4 aromatic rings. The molecule has 1 saturated heterocycles. The van der Waals surface area contributed by atoms with E-state index in [0.29, 0.717) is 33.1 Å². The van der Waals surface area contributed by atoms with Crippen LogP contribution in [-0.4, -0.2) is 53.2 Å². The molecule has 8 nitrogen and oxygen atoms in total. The lowest BCUT2D eigenvalue weighted by atomic mass is 10.1. The molecule has 3 heterocycles. The average molecular weight is 474 g/mol. The highest BCUT2D eigenvalue weighted by atomic mass is 35.5. The second-order valence-corrected chi connectivity index (χ2v) is 9.99. The first-order chi connectivity index (χ1) is 15.4. The zero-order valence-electron chi connectivity index (χ0n) is 16.6. The second kappa shape index (κ2) is 8.03. The van der Waals surface area contributed by atoms with Crippen molar-refractivity contribution in [1.82, 2.24) is 20.2 Å². The molecule has 0 saturated carbocycles. The Morgan fingerprint density at radius 2 is 1.75 bits per heavy atom. The molecule has 0 aliphatic carbocycles. The molecule has 5 rings (SSSR count). The van der Waals surface area contributed by atoms with Gasteiger partial charge in [-0.3, -0.25) is 5.10 Å². The van der Waals surface area contributed by atoms with E-state index in [1.54, 1.807) is 18.2 Å². The maximum atomic E-state index is 14.1. The number of rotatable bonds is 4. The molecule has 164 valence electrons. The van der Waals surface area contributed by atoms with Gasteiger partial charge in [0, 0.05) is 18.7 Å². The molecule has 2 aromatic carbocycles. The Hall–Kier alpha value is -3.24. The molecule has 1 aliphatic rings. The summed E-state index contributed by atoms with van der Waals surface area (Å²) in [4.78, 5) is 10.7. The number of nitrogens with zero attached hydrogens (tertiary/aromatic N) is 4. The third-order valence-electron chi connectivity index (χ3n) is 5.19. The minimum Gasteiger partial charge on any atom is -0.421 e. The van der Waals surface area contributed by atoms with Crippen LogP contribution < -0.4 is 9.64 Å². The number of anilines is 1. The van der Waals surface area contributed by atoms with Crippen molar-refractivity contribution in [2.75, 3.05) is 29.5 Å². The molecule has 0 atom stereocenters. The van der Waals surface area contributed by atoms with Crippen molar-refractivity contribution in [3.05, 3.63) is 59.4 Å². The second-order valence-electron chi connectivity index (χ2n) is 7.28. The third kappa shape index (κ3) is 3.87. The number of halogens is 2. The van der Waals surface area contributed by atoms with Crippen molar-refractivity contribution >= 4 is 38.3 Å². The van der Waals surface area contributed by atoms with Gasteiger partial charge in [0.05, 0.1) is 21.9 Å². The van der Waals surface area contributed by atoms with E-state index in [9.17, 15) is 12.8 Å². The van der Waals surface area contributed by atoms with E-state index in [1.807, 2.05) is 23.1 Å². The first-order valence-electron chi connectivity index (χ1n) is 9.80. The average Bonchev–Trinajstić information content (AvgIpc) is 3.19. The van der Waals surface area contributed by atoms with Crippen molar-refractivity contribution in [2.45, 2.75) is 0 Å². The number of hydrogen-bond donors (Lipinski definition) is 1. The fourth-order valence-corrected chi connectivity index (χ4v) is 4.99. The largest absolute Gasteiger partial charge is 0.421 e. The highest BCUT2D eigenvalue weighted by Crippen LogP contribution is 2.37. The molecule has 11 heteroatoms. The number of H-pyrrole nitrogens is 1. The van der Waals surface area contributed by atoms with Crippen molar-refractivity contribution in [1.29, 1.82) is 0 Å². The molecule has 1 aliphatic heterocycles. The number of fused-ring (bicyclic) bond motifs is 1. The number of aromatic amines is 1. The van der Waals surface area contributed by atoms with E-state index in [-0.39, 0.29) is 36.4 Å². The number of hydrogen-bond acceptors (Lipinski definition) is 7. The number of nitrogens with one attached hydrogen (secondary N) is 1. The van der Waals surface area contributed by atoms with Crippen LogP contribution in [0.1, 0.15) is 0 Å². The quantitative estimate of drug-likeness (QED) is 0.480. The summed E-state index contributed by atoms with van der Waals surface area (Å²) in [6.07, 6.45) is 0. The van der Waals surface area contributed by atoms with Gasteiger partial charge in [-0.1, -0.05) is 41.9 Å². The van der Waals surface area contributed by atoms with Gasteiger partial charge in [-0.05, 0) is 18.2 Å². The molecule has 0 bridgehead atoms. The third-order valence-corrected chi connectivity index (χ3v) is 7.13. The van der Waals surface area contributed by atoms with Crippen molar-refractivity contribution in [3.63, 3.8) is 0 Å². The monoisotopic (exact) mass is 473 g/mol. The predicted molar refractivity (Wildman–Crippen MR) is 119 cm³/mol. The fourth-order valence-electron chi connectivity index (χ4n) is 3.57. The maximum absolute atomic E-state index is 14.1. The van der Waals surface area contributed by atoms with E-state index in [4.69, 9.17) is 16.3 Å². The van der Waals surface area contributed by atoms with Crippen LogP contribution in [0.3, 0.4) is 0 Å². The SMILES string of the molecule is O=S1(=O)CCN(c2nc(Oc3ccccc3F)nc3[nH]nc(-c4ccccc4Cl)c23)CC1. The van der Waals surface area contributed by atoms with Gasteiger partial charge in [0.25, 0.3) is 0 Å². The Kier molecular flexibility index (Phi) is 5.18. The van der Waals surface area contributed by atoms with Crippen LogP contribution in [0.5, 0.6) is 11.8 Å². The standard InChI is InChI=1S/C21H17ClFN5O3S/c22-14-6-2-1-5-13(14)18-17-19(27-26-18)24-21(31-16-8-4-3-7-15(16)23)25-20(17)28-9-11-32(29,30)12-10-28/h1-8H,9-12H2,(H,24,25,26,27). The number of sulfone groups is 1. The molecule has 0 amide bonds. The molecular weight excluding hydrogens is 457 g/mol. The van der Waals surface area contributed by atoms with Crippen molar-refractivity contribution < 1.29 is 17.5 Å². The summed E-state index contributed by atoms with van der Waals surface area (Å²) in [6, 6.07) is 13.1. The Morgan fingerprint density at radius 3 is 2.50 bits per heavy atom. The van der Waals surface area contributed by atoms with Crippen LogP contribution in [-0.2, 0) is 9.84 Å². The first-order valence-corrected chi connectivity index (χ1v) is 12.0. The Balaban J connectivity index is 1.66. The molecule has 2 aromatic heterocycles. The first kappa shape index (κ1) is 20.7. The highest BCUT2D eigenvalue weighted by Gasteiger charge is 2.28. The lowest BCUT2D eigenvalue weighted by molar-refractivity contribution is 0.412. The lowest BCUT2D eigenvalue weighted by Crippen LogP contribution is -2.40. The van der Waals surface area contributed by atoms with E-state index in [0.717, 1.165) is 0 Å². The minimum atomic E-state index is -3.11. The van der Waals surface area contributed by atoms with Gasteiger partial charge in [-0.2, -0.15) is 15.1 Å². The van der Waals surface area contributed by atoms with Crippen LogP contribution in [0.4, 0.5) is 10.2 Å². The van der Waals surface area contributed by atoms with Gasteiger partial charge in [-0.25, -0.2) is 12.8 Å². The Labute approximate surface area is 187 Å². The van der Waals surface area contributed by atoms with Crippen LogP contribution in [0.2, 0.25) is 5.02 Å². The zero-order valence-corrected chi connectivity index (χ0v) is 18.2. The van der Waals surface area contributed by atoms with E-state index in [2.05, 4.69) is 20.2 Å². The van der Waals surface area contributed by atoms with Gasteiger partial charge in [0.15, 0.2) is 27.1 Å². The molecular formula is C21H17ClFN5O3S. The normalized spacial score (nSPS) is 15.8. The summed E-state index contributed by atoms with van der Waals surface area (Å²) in [5.74, 6) is -0.129. The summed E-state index contributed by atoms with van der Waals surface area (Å²) in [6.45, 7) is 0.501. The van der Waals surface area contributed by atoms with E-state index < -0.39 is 15.7 Å². The van der Waals surface area contributed by atoms with Crippen LogP contribution in [0.25, 0.3) is 22.3 Å². The molecule has 0 unspecified atom stereocenters. The molecule has 1 N–H and O–H groups in total. The Bertz CT molecular complexity index is 1410. The molecule has 32 heavy (non-hydrogen) atoms.